The normalized spacial score (nSPS) is 19.7. The molecule has 1 unspecified atom stereocenters. The first-order valence-corrected chi connectivity index (χ1v) is 6.61. The lowest BCUT2D eigenvalue weighted by atomic mass is 10.1. The van der Waals surface area contributed by atoms with Gasteiger partial charge in [0.2, 0.25) is 5.95 Å². The Morgan fingerprint density at radius 1 is 1.50 bits per heavy atom. The SMILES string of the molecule is Nc1nc2cc(Cl)ccc2n1CCC1CCOC1. The molecule has 4 nitrogen and oxygen atoms in total. The molecule has 1 fully saturated rings. The lowest BCUT2D eigenvalue weighted by molar-refractivity contribution is 0.183. The van der Waals surface area contributed by atoms with E-state index in [2.05, 4.69) is 9.55 Å². The summed E-state index contributed by atoms with van der Waals surface area (Å²) >= 11 is 5.95. The van der Waals surface area contributed by atoms with Crippen molar-refractivity contribution in [2.75, 3.05) is 18.9 Å². The first kappa shape index (κ1) is 11.8. The third kappa shape index (κ3) is 2.18. The Balaban J connectivity index is 1.84. The van der Waals surface area contributed by atoms with Crippen molar-refractivity contribution in [2.24, 2.45) is 5.92 Å². The van der Waals surface area contributed by atoms with Crippen LogP contribution in [0, 0.1) is 5.92 Å². The summed E-state index contributed by atoms with van der Waals surface area (Å²) in [5.74, 6) is 1.21. The summed E-state index contributed by atoms with van der Waals surface area (Å²) in [4.78, 5) is 4.34. The number of hydrogen-bond donors (Lipinski definition) is 1. The molecule has 0 aliphatic carbocycles. The largest absolute Gasteiger partial charge is 0.381 e. The molecular weight excluding hydrogens is 250 g/mol. The maximum atomic E-state index is 5.97. The Labute approximate surface area is 111 Å². The third-order valence-electron chi connectivity index (χ3n) is 3.52. The van der Waals surface area contributed by atoms with Crippen molar-refractivity contribution >= 4 is 28.6 Å². The van der Waals surface area contributed by atoms with Crippen molar-refractivity contribution in [3.05, 3.63) is 23.2 Å². The van der Waals surface area contributed by atoms with E-state index in [0.29, 0.717) is 16.9 Å². The molecule has 1 aromatic carbocycles. The number of hydrogen-bond acceptors (Lipinski definition) is 3. The highest BCUT2D eigenvalue weighted by Crippen LogP contribution is 2.24. The molecule has 2 N–H and O–H groups in total. The van der Waals surface area contributed by atoms with Crippen molar-refractivity contribution in [3.63, 3.8) is 0 Å². The number of ether oxygens (including phenoxy) is 1. The van der Waals surface area contributed by atoms with Gasteiger partial charge in [-0.05, 0) is 37.0 Å². The Hall–Kier alpha value is -1.26. The number of fused-ring (bicyclic) bond motifs is 1. The molecule has 1 atom stereocenters. The molecule has 0 radical (unpaired) electrons. The highest BCUT2D eigenvalue weighted by atomic mass is 35.5. The molecule has 2 heterocycles. The minimum absolute atomic E-state index is 0.561. The van der Waals surface area contributed by atoms with Gasteiger partial charge in [-0.15, -0.1) is 0 Å². The van der Waals surface area contributed by atoms with Gasteiger partial charge in [-0.3, -0.25) is 0 Å². The van der Waals surface area contributed by atoms with Gasteiger partial charge >= 0.3 is 0 Å². The summed E-state index contributed by atoms with van der Waals surface area (Å²) in [7, 11) is 0. The van der Waals surface area contributed by atoms with E-state index in [1.54, 1.807) is 0 Å². The van der Waals surface area contributed by atoms with Gasteiger partial charge in [-0.1, -0.05) is 11.6 Å². The zero-order valence-corrected chi connectivity index (χ0v) is 10.9. The minimum atomic E-state index is 0.561. The van der Waals surface area contributed by atoms with E-state index in [1.807, 2.05) is 18.2 Å². The summed E-state index contributed by atoms with van der Waals surface area (Å²) in [5.41, 5.74) is 7.88. The number of imidazole rings is 1. The number of anilines is 1. The molecule has 0 spiro atoms. The molecule has 1 aromatic heterocycles. The second kappa shape index (κ2) is 4.78. The smallest absolute Gasteiger partial charge is 0.201 e. The van der Waals surface area contributed by atoms with Crippen LogP contribution in [0.5, 0.6) is 0 Å². The van der Waals surface area contributed by atoms with Crippen LogP contribution in [0.3, 0.4) is 0 Å². The molecule has 0 bridgehead atoms. The number of benzene rings is 1. The van der Waals surface area contributed by atoms with Crippen LogP contribution in [0.15, 0.2) is 18.2 Å². The first-order chi connectivity index (χ1) is 8.74. The van der Waals surface area contributed by atoms with Crippen molar-refractivity contribution in [3.8, 4) is 0 Å². The number of aryl methyl sites for hydroxylation is 1. The van der Waals surface area contributed by atoms with Crippen molar-refractivity contribution in [1.82, 2.24) is 9.55 Å². The van der Waals surface area contributed by atoms with Crippen LogP contribution in [0.4, 0.5) is 5.95 Å². The maximum absolute atomic E-state index is 5.97. The zero-order chi connectivity index (χ0) is 12.5. The Morgan fingerprint density at radius 3 is 3.17 bits per heavy atom. The van der Waals surface area contributed by atoms with E-state index >= 15 is 0 Å². The summed E-state index contributed by atoms with van der Waals surface area (Å²) in [6.45, 7) is 2.65. The van der Waals surface area contributed by atoms with Crippen LogP contribution in [0.2, 0.25) is 5.02 Å². The van der Waals surface area contributed by atoms with Crippen molar-refractivity contribution < 1.29 is 4.74 Å². The van der Waals surface area contributed by atoms with E-state index < -0.39 is 0 Å². The molecule has 1 saturated heterocycles. The van der Waals surface area contributed by atoms with Gasteiger partial charge in [0.15, 0.2) is 0 Å². The Bertz CT molecular complexity index is 561. The van der Waals surface area contributed by atoms with Gasteiger partial charge in [-0.2, -0.15) is 0 Å². The summed E-state index contributed by atoms with van der Waals surface area (Å²) < 4.78 is 7.45. The lowest BCUT2D eigenvalue weighted by Crippen LogP contribution is -2.08. The lowest BCUT2D eigenvalue weighted by Gasteiger charge is -2.10. The second-order valence-electron chi connectivity index (χ2n) is 4.77. The molecule has 1 aliphatic rings. The fourth-order valence-corrected chi connectivity index (χ4v) is 2.65. The predicted molar refractivity (Wildman–Crippen MR) is 72.7 cm³/mol. The van der Waals surface area contributed by atoms with Crippen LogP contribution < -0.4 is 5.73 Å². The maximum Gasteiger partial charge on any atom is 0.201 e. The van der Waals surface area contributed by atoms with Crippen LogP contribution in [-0.4, -0.2) is 22.8 Å². The van der Waals surface area contributed by atoms with Gasteiger partial charge in [0.1, 0.15) is 0 Å². The fourth-order valence-electron chi connectivity index (χ4n) is 2.48. The van der Waals surface area contributed by atoms with Gasteiger partial charge < -0.3 is 15.0 Å². The molecule has 0 amide bonds. The molecule has 2 aromatic rings. The molecule has 5 heteroatoms. The molecule has 0 saturated carbocycles. The fraction of sp³-hybridized carbons (Fsp3) is 0.462. The summed E-state index contributed by atoms with van der Waals surface area (Å²) in [6.07, 6.45) is 2.23. The van der Waals surface area contributed by atoms with E-state index in [4.69, 9.17) is 22.1 Å². The van der Waals surface area contributed by atoms with Gasteiger partial charge in [0.25, 0.3) is 0 Å². The second-order valence-corrected chi connectivity index (χ2v) is 5.21. The summed E-state index contributed by atoms with van der Waals surface area (Å²) in [5, 5.41) is 0.691. The molecule has 3 rings (SSSR count). The predicted octanol–water partition coefficient (Wildman–Crippen LogP) is 2.70. The van der Waals surface area contributed by atoms with Crippen LogP contribution in [0.25, 0.3) is 11.0 Å². The zero-order valence-electron chi connectivity index (χ0n) is 10.1. The summed E-state index contributed by atoms with van der Waals surface area (Å²) in [6, 6.07) is 5.70. The Kier molecular flexibility index (Phi) is 3.14. The third-order valence-corrected chi connectivity index (χ3v) is 3.76. The van der Waals surface area contributed by atoms with Gasteiger partial charge in [0, 0.05) is 24.8 Å². The average Bonchev–Trinajstić information content (AvgIpc) is 2.93. The van der Waals surface area contributed by atoms with Crippen LogP contribution in [-0.2, 0) is 11.3 Å². The van der Waals surface area contributed by atoms with Crippen LogP contribution in [0.1, 0.15) is 12.8 Å². The molecular formula is C13H16ClN3O. The van der Waals surface area contributed by atoms with Gasteiger partial charge in [0.05, 0.1) is 11.0 Å². The molecule has 18 heavy (non-hydrogen) atoms. The molecule has 1 aliphatic heterocycles. The monoisotopic (exact) mass is 265 g/mol. The van der Waals surface area contributed by atoms with E-state index in [9.17, 15) is 0 Å². The topological polar surface area (TPSA) is 53.1 Å². The van der Waals surface area contributed by atoms with Crippen molar-refractivity contribution in [1.29, 1.82) is 0 Å². The quantitative estimate of drug-likeness (QED) is 0.928. The minimum Gasteiger partial charge on any atom is -0.381 e. The first-order valence-electron chi connectivity index (χ1n) is 6.23. The molecule has 96 valence electrons. The number of rotatable bonds is 3. The van der Waals surface area contributed by atoms with E-state index in [1.165, 1.54) is 0 Å². The Morgan fingerprint density at radius 2 is 2.39 bits per heavy atom. The van der Waals surface area contributed by atoms with Gasteiger partial charge in [-0.25, -0.2) is 4.98 Å². The highest BCUT2D eigenvalue weighted by molar-refractivity contribution is 6.31. The number of nitrogen functional groups attached to an aromatic ring is 1. The van der Waals surface area contributed by atoms with Crippen LogP contribution >= 0.6 is 11.6 Å². The van der Waals surface area contributed by atoms with Crippen molar-refractivity contribution in [2.45, 2.75) is 19.4 Å². The number of aromatic nitrogens is 2. The van der Waals surface area contributed by atoms with E-state index in [0.717, 1.165) is 43.6 Å². The number of halogens is 1. The average molecular weight is 266 g/mol. The number of nitrogens with two attached hydrogens (primary N) is 1. The standard InChI is InChI=1S/C13H16ClN3O/c14-10-1-2-12-11(7-10)16-13(15)17(12)5-3-9-4-6-18-8-9/h1-2,7,9H,3-6,8H2,(H2,15,16). The number of nitrogens with zero attached hydrogens (tertiary/aromatic N) is 2. The highest BCUT2D eigenvalue weighted by Gasteiger charge is 2.16. The van der Waals surface area contributed by atoms with E-state index in [-0.39, 0.29) is 0 Å².